The van der Waals surface area contributed by atoms with Gasteiger partial charge in [0, 0.05) is 0 Å². The van der Waals surface area contributed by atoms with Gasteiger partial charge in [0.25, 0.3) is 0 Å². The molecule has 1 aromatic carbocycles. The van der Waals surface area contributed by atoms with Gasteiger partial charge < -0.3 is 19.3 Å². The van der Waals surface area contributed by atoms with Gasteiger partial charge in [-0.3, -0.25) is 0 Å². The molecule has 0 amide bonds. The number of hydrogen-bond donors (Lipinski definition) is 1. The van der Waals surface area contributed by atoms with Crippen molar-refractivity contribution in [2.75, 3.05) is 19.8 Å². The largest absolute Gasteiger partial charge is 0.491 e. The van der Waals surface area contributed by atoms with Crippen LogP contribution in [0.1, 0.15) is 12.8 Å². The van der Waals surface area contributed by atoms with Crippen LogP contribution >= 0.6 is 0 Å². The summed E-state index contributed by atoms with van der Waals surface area (Å²) in [7, 11) is 0. The van der Waals surface area contributed by atoms with E-state index in [0.29, 0.717) is 26.2 Å². The van der Waals surface area contributed by atoms with Crippen LogP contribution in [0.4, 0.5) is 0 Å². The lowest BCUT2D eigenvalue weighted by atomic mass is 10.2. The van der Waals surface area contributed by atoms with E-state index in [2.05, 4.69) is 0 Å². The van der Waals surface area contributed by atoms with Crippen molar-refractivity contribution in [1.29, 1.82) is 0 Å². The molecule has 0 saturated carbocycles. The second kappa shape index (κ2) is 7.11. The molecule has 1 aliphatic heterocycles. The summed E-state index contributed by atoms with van der Waals surface area (Å²) in [5.74, 6) is -0.0796. The van der Waals surface area contributed by atoms with Gasteiger partial charge in [-0.2, -0.15) is 0 Å². The summed E-state index contributed by atoms with van der Waals surface area (Å²) in [6.07, 6.45) is 0.507. The maximum atomic E-state index is 10.7. The molecular formula is C14H18O5. The fourth-order valence-corrected chi connectivity index (χ4v) is 1.96. The van der Waals surface area contributed by atoms with Crippen LogP contribution in [0.15, 0.2) is 30.3 Å². The van der Waals surface area contributed by atoms with Crippen molar-refractivity contribution in [3.63, 3.8) is 0 Å². The molecule has 0 spiro atoms. The van der Waals surface area contributed by atoms with E-state index in [4.69, 9.17) is 19.3 Å². The first-order chi connectivity index (χ1) is 9.25. The summed E-state index contributed by atoms with van der Waals surface area (Å²) in [5, 5.41) is 8.78. The number of aliphatic carboxylic acids is 1. The highest BCUT2D eigenvalue weighted by Crippen LogP contribution is 2.19. The standard InChI is InChI=1S/C14H18O5/c15-14(16)13-7-6-12(19-13)10-17-8-9-18-11-4-2-1-3-5-11/h1-5,12-13H,6-10H2,(H,15,16). The van der Waals surface area contributed by atoms with E-state index < -0.39 is 12.1 Å². The Kier molecular flexibility index (Phi) is 5.18. The normalized spacial score (nSPS) is 22.3. The van der Waals surface area contributed by atoms with E-state index in [1.807, 2.05) is 30.3 Å². The van der Waals surface area contributed by atoms with Crippen LogP contribution in [0.25, 0.3) is 0 Å². The SMILES string of the molecule is O=C(O)C1CCC(COCCOc2ccccc2)O1. The molecule has 0 aliphatic carbocycles. The molecule has 1 N–H and O–H groups in total. The van der Waals surface area contributed by atoms with Crippen molar-refractivity contribution in [3.8, 4) is 5.75 Å². The van der Waals surface area contributed by atoms with Gasteiger partial charge in [0.2, 0.25) is 0 Å². The molecule has 2 unspecified atom stereocenters. The van der Waals surface area contributed by atoms with E-state index >= 15 is 0 Å². The highest BCUT2D eigenvalue weighted by atomic mass is 16.6. The second-order valence-corrected chi connectivity index (χ2v) is 4.40. The van der Waals surface area contributed by atoms with Crippen molar-refractivity contribution < 1.29 is 24.1 Å². The first-order valence-corrected chi connectivity index (χ1v) is 6.39. The van der Waals surface area contributed by atoms with Crippen LogP contribution in [0.5, 0.6) is 5.75 Å². The average Bonchev–Trinajstić information content (AvgIpc) is 2.89. The summed E-state index contributed by atoms with van der Waals surface area (Å²) in [4.78, 5) is 10.7. The summed E-state index contributed by atoms with van der Waals surface area (Å²) in [5.41, 5.74) is 0. The molecule has 1 heterocycles. The molecule has 104 valence electrons. The van der Waals surface area contributed by atoms with Gasteiger partial charge in [0.1, 0.15) is 12.4 Å². The Bertz CT molecular complexity index is 392. The highest BCUT2D eigenvalue weighted by Gasteiger charge is 2.30. The minimum atomic E-state index is -0.894. The summed E-state index contributed by atoms with van der Waals surface area (Å²) in [6.45, 7) is 1.35. The molecule has 2 atom stereocenters. The van der Waals surface area contributed by atoms with Gasteiger partial charge in [-0.1, -0.05) is 18.2 Å². The van der Waals surface area contributed by atoms with E-state index in [9.17, 15) is 4.79 Å². The van der Waals surface area contributed by atoms with Crippen LogP contribution < -0.4 is 4.74 Å². The molecule has 19 heavy (non-hydrogen) atoms. The van der Waals surface area contributed by atoms with Crippen LogP contribution in [-0.2, 0) is 14.3 Å². The zero-order valence-corrected chi connectivity index (χ0v) is 10.7. The summed E-state index contributed by atoms with van der Waals surface area (Å²) >= 11 is 0. The number of rotatable bonds is 7. The van der Waals surface area contributed by atoms with E-state index in [1.165, 1.54) is 0 Å². The zero-order valence-electron chi connectivity index (χ0n) is 10.7. The molecule has 1 aromatic rings. The number of benzene rings is 1. The predicted molar refractivity (Wildman–Crippen MR) is 68.3 cm³/mol. The Hall–Kier alpha value is -1.59. The number of para-hydroxylation sites is 1. The lowest BCUT2D eigenvalue weighted by Gasteiger charge is -2.12. The number of hydrogen-bond acceptors (Lipinski definition) is 4. The molecule has 5 heteroatoms. The molecule has 0 bridgehead atoms. The Balaban J connectivity index is 1.54. The van der Waals surface area contributed by atoms with Crippen LogP contribution in [0.2, 0.25) is 0 Å². The van der Waals surface area contributed by atoms with Gasteiger partial charge in [-0.25, -0.2) is 4.79 Å². The Labute approximate surface area is 112 Å². The van der Waals surface area contributed by atoms with Crippen molar-refractivity contribution in [3.05, 3.63) is 30.3 Å². The monoisotopic (exact) mass is 266 g/mol. The average molecular weight is 266 g/mol. The minimum Gasteiger partial charge on any atom is -0.491 e. The minimum absolute atomic E-state index is 0.113. The lowest BCUT2D eigenvalue weighted by Crippen LogP contribution is -2.23. The molecule has 1 aliphatic rings. The zero-order chi connectivity index (χ0) is 13.5. The number of ether oxygens (including phenoxy) is 3. The van der Waals surface area contributed by atoms with Crippen molar-refractivity contribution in [1.82, 2.24) is 0 Å². The molecule has 1 fully saturated rings. The second-order valence-electron chi connectivity index (χ2n) is 4.40. The molecule has 2 rings (SSSR count). The molecule has 0 radical (unpaired) electrons. The quantitative estimate of drug-likeness (QED) is 0.761. The highest BCUT2D eigenvalue weighted by molar-refractivity contribution is 5.72. The number of carboxylic acid groups (broad SMARTS) is 1. The van der Waals surface area contributed by atoms with Crippen LogP contribution in [-0.4, -0.2) is 43.1 Å². The maximum Gasteiger partial charge on any atom is 0.332 e. The molecular weight excluding hydrogens is 248 g/mol. The maximum absolute atomic E-state index is 10.7. The third-order valence-corrected chi connectivity index (χ3v) is 2.93. The Morgan fingerprint density at radius 2 is 2.05 bits per heavy atom. The molecule has 0 aromatic heterocycles. The van der Waals surface area contributed by atoms with E-state index in [-0.39, 0.29) is 6.10 Å². The third kappa shape index (κ3) is 4.54. The van der Waals surface area contributed by atoms with Crippen molar-refractivity contribution >= 4 is 5.97 Å². The molecule has 5 nitrogen and oxygen atoms in total. The Morgan fingerprint density at radius 1 is 1.26 bits per heavy atom. The topological polar surface area (TPSA) is 65.0 Å². The third-order valence-electron chi connectivity index (χ3n) is 2.93. The van der Waals surface area contributed by atoms with Gasteiger partial charge in [-0.15, -0.1) is 0 Å². The molecule has 1 saturated heterocycles. The number of carboxylic acids is 1. The van der Waals surface area contributed by atoms with Gasteiger partial charge in [0.05, 0.1) is 19.3 Å². The summed E-state index contributed by atoms with van der Waals surface area (Å²) < 4.78 is 16.2. The fourth-order valence-electron chi connectivity index (χ4n) is 1.96. The van der Waals surface area contributed by atoms with Gasteiger partial charge in [0.15, 0.2) is 6.10 Å². The first-order valence-electron chi connectivity index (χ1n) is 6.39. The lowest BCUT2D eigenvalue weighted by molar-refractivity contribution is -0.150. The van der Waals surface area contributed by atoms with Gasteiger partial charge in [-0.05, 0) is 25.0 Å². The smallest absolute Gasteiger partial charge is 0.332 e. The fraction of sp³-hybridized carbons (Fsp3) is 0.500. The van der Waals surface area contributed by atoms with Gasteiger partial charge >= 0.3 is 5.97 Å². The Morgan fingerprint density at radius 3 is 2.74 bits per heavy atom. The van der Waals surface area contributed by atoms with Crippen molar-refractivity contribution in [2.45, 2.75) is 25.0 Å². The summed E-state index contributed by atoms with van der Waals surface area (Å²) in [6, 6.07) is 9.53. The number of carbonyl (C=O) groups is 1. The van der Waals surface area contributed by atoms with Crippen LogP contribution in [0, 0.1) is 0 Å². The van der Waals surface area contributed by atoms with E-state index in [1.54, 1.807) is 0 Å². The van der Waals surface area contributed by atoms with E-state index in [0.717, 1.165) is 12.2 Å². The predicted octanol–water partition coefficient (Wildman–Crippen LogP) is 1.71. The van der Waals surface area contributed by atoms with Crippen molar-refractivity contribution in [2.24, 2.45) is 0 Å². The van der Waals surface area contributed by atoms with Crippen LogP contribution in [0.3, 0.4) is 0 Å². The first kappa shape index (κ1) is 13.8.